The van der Waals surface area contributed by atoms with Crippen LogP contribution in [0.3, 0.4) is 0 Å². The number of hydrogen-bond acceptors (Lipinski definition) is 3. The number of nitrogens with zero attached hydrogens (tertiary/aromatic N) is 1. The summed E-state index contributed by atoms with van der Waals surface area (Å²) in [6, 6.07) is -0.261. The largest absolute Gasteiger partial charge is 0.481 e. The Morgan fingerprint density at radius 2 is 1.81 bits per heavy atom. The summed E-state index contributed by atoms with van der Waals surface area (Å²) in [4.78, 5) is 35.7. The Balaban J connectivity index is 2.22. The molecule has 0 aromatic heterocycles. The third-order valence-electron chi connectivity index (χ3n) is 3.47. The van der Waals surface area contributed by atoms with Crippen LogP contribution in [0.25, 0.3) is 0 Å². The zero-order valence-electron chi connectivity index (χ0n) is 12.7. The van der Waals surface area contributed by atoms with Gasteiger partial charge in [-0.15, -0.1) is 0 Å². The second kappa shape index (κ2) is 8.49. The maximum absolute atomic E-state index is 11.9. The highest BCUT2D eigenvalue weighted by Gasteiger charge is 2.24. The summed E-state index contributed by atoms with van der Waals surface area (Å²) >= 11 is 0. The number of nitrogens with one attached hydrogen (secondary N) is 2. The first-order valence-electron chi connectivity index (χ1n) is 7.39. The third kappa shape index (κ3) is 6.97. The molecule has 1 rings (SSSR count). The summed E-state index contributed by atoms with van der Waals surface area (Å²) in [5.74, 6) is -0.476. The Labute approximate surface area is 125 Å². The predicted octanol–water partition coefficient (Wildman–Crippen LogP) is 0.655. The third-order valence-corrected chi connectivity index (χ3v) is 3.47. The number of carbonyl (C=O) groups is 3. The Hall–Kier alpha value is -1.79. The average molecular weight is 299 g/mol. The van der Waals surface area contributed by atoms with Gasteiger partial charge in [0, 0.05) is 26.1 Å². The quantitative estimate of drug-likeness (QED) is 0.671. The molecule has 0 unspecified atom stereocenters. The molecule has 1 aliphatic heterocycles. The van der Waals surface area contributed by atoms with Crippen molar-refractivity contribution in [2.24, 2.45) is 11.8 Å². The summed E-state index contributed by atoms with van der Waals surface area (Å²) < 4.78 is 0. The first-order valence-corrected chi connectivity index (χ1v) is 7.39. The molecule has 1 saturated heterocycles. The van der Waals surface area contributed by atoms with Crippen molar-refractivity contribution in [1.82, 2.24) is 15.5 Å². The lowest BCUT2D eigenvalue weighted by Crippen LogP contribution is -2.47. The van der Waals surface area contributed by atoms with Gasteiger partial charge in [0.25, 0.3) is 0 Å². The highest BCUT2D eigenvalue weighted by Crippen LogP contribution is 2.20. The number of likely N-dealkylation sites (tertiary alicyclic amines) is 1. The molecule has 1 fully saturated rings. The smallest absolute Gasteiger partial charge is 0.317 e. The van der Waals surface area contributed by atoms with Crippen LogP contribution in [-0.2, 0) is 9.59 Å². The van der Waals surface area contributed by atoms with E-state index in [1.165, 1.54) is 0 Å². The zero-order chi connectivity index (χ0) is 15.8. The minimum Gasteiger partial charge on any atom is -0.481 e. The minimum absolute atomic E-state index is 0.0272. The SMILES string of the molecule is CC(C)CNC(=O)CNC(=O)N1CCC(CC(=O)O)CC1. The summed E-state index contributed by atoms with van der Waals surface area (Å²) in [5, 5.41) is 14.1. The highest BCUT2D eigenvalue weighted by atomic mass is 16.4. The maximum atomic E-state index is 11.9. The molecular weight excluding hydrogens is 274 g/mol. The summed E-state index contributed by atoms with van der Waals surface area (Å²) in [7, 11) is 0. The minimum atomic E-state index is -0.792. The van der Waals surface area contributed by atoms with E-state index in [4.69, 9.17) is 5.11 Å². The van der Waals surface area contributed by atoms with E-state index >= 15 is 0 Å². The number of aliphatic carboxylic acids is 1. The number of piperidine rings is 1. The van der Waals surface area contributed by atoms with Gasteiger partial charge in [-0.1, -0.05) is 13.8 Å². The maximum Gasteiger partial charge on any atom is 0.317 e. The highest BCUT2D eigenvalue weighted by molar-refractivity contribution is 5.83. The monoisotopic (exact) mass is 299 g/mol. The van der Waals surface area contributed by atoms with E-state index in [0.29, 0.717) is 38.4 Å². The van der Waals surface area contributed by atoms with Gasteiger partial charge in [-0.05, 0) is 24.7 Å². The number of hydrogen-bond donors (Lipinski definition) is 3. The Kier molecular flexibility index (Phi) is 6.98. The van der Waals surface area contributed by atoms with Crippen molar-refractivity contribution in [1.29, 1.82) is 0 Å². The molecule has 0 aromatic carbocycles. The van der Waals surface area contributed by atoms with Gasteiger partial charge in [0.15, 0.2) is 0 Å². The van der Waals surface area contributed by atoms with Crippen LogP contribution in [0.4, 0.5) is 4.79 Å². The van der Waals surface area contributed by atoms with Gasteiger partial charge in [-0.25, -0.2) is 4.79 Å². The molecule has 0 saturated carbocycles. The first-order chi connectivity index (χ1) is 9.88. The van der Waals surface area contributed by atoms with Crippen molar-refractivity contribution in [2.45, 2.75) is 33.1 Å². The summed E-state index contributed by atoms with van der Waals surface area (Å²) in [6.07, 6.45) is 1.55. The molecule has 0 bridgehead atoms. The second-order valence-electron chi connectivity index (χ2n) is 5.88. The number of carbonyl (C=O) groups excluding carboxylic acids is 2. The Bertz CT molecular complexity index is 376. The van der Waals surface area contributed by atoms with Gasteiger partial charge < -0.3 is 20.6 Å². The normalized spacial score (nSPS) is 15.9. The van der Waals surface area contributed by atoms with Crippen LogP contribution in [0.15, 0.2) is 0 Å². The van der Waals surface area contributed by atoms with E-state index in [1.54, 1.807) is 4.90 Å². The van der Waals surface area contributed by atoms with Gasteiger partial charge in [0.2, 0.25) is 5.91 Å². The van der Waals surface area contributed by atoms with E-state index in [-0.39, 0.29) is 30.8 Å². The Morgan fingerprint density at radius 3 is 2.33 bits per heavy atom. The van der Waals surface area contributed by atoms with E-state index in [9.17, 15) is 14.4 Å². The zero-order valence-corrected chi connectivity index (χ0v) is 12.7. The predicted molar refractivity (Wildman–Crippen MR) is 77.8 cm³/mol. The van der Waals surface area contributed by atoms with Crippen LogP contribution in [-0.4, -0.2) is 54.1 Å². The molecule has 0 aliphatic carbocycles. The van der Waals surface area contributed by atoms with E-state index < -0.39 is 5.97 Å². The summed E-state index contributed by atoms with van der Waals surface area (Å²) in [6.45, 7) is 5.64. The molecule has 1 heterocycles. The Morgan fingerprint density at radius 1 is 1.19 bits per heavy atom. The number of carboxylic acids is 1. The molecule has 3 amide bonds. The number of rotatable bonds is 6. The average Bonchev–Trinajstić information content (AvgIpc) is 2.42. The molecular formula is C14H25N3O4. The fraction of sp³-hybridized carbons (Fsp3) is 0.786. The first kappa shape index (κ1) is 17.3. The van der Waals surface area contributed by atoms with Crippen LogP contribution in [0, 0.1) is 11.8 Å². The van der Waals surface area contributed by atoms with E-state index in [1.807, 2.05) is 13.8 Å². The van der Waals surface area contributed by atoms with Crippen LogP contribution < -0.4 is 10.6 Å². The summed E-state index contributed by atoms with van der Waals surface area (Å²) in [5.41, 5.74) is 0. The van der Waals surface area contributed by atoms with E-state index in [2.05, 4.69) is 10.6 Å². The van der Waals surface area contributed by atoms with Crippen molar-refractivity contribution in [3.05, 3.63) is 0 Å². The fourth-order valence-corrected chi connectivity index (χ4v) is 2.24. The fourth-order valence-electron chi connectivity index (χ4n) is 2.24. The van der Waals surface area contributed by atoms with Gasteiger partial charge in [-0.2, -0.15) is 0 Å². The van der Waals surface area contributed by atoms with Crippen molar-refractivity contribution < 1.29 is 19.5 Å². The number of carboxylic acid groups (broad SMARTS) is 1. The lowest BCUT2D eigenvalue weighted by atomic mass is 9.94. The van der Waals surface area contributed by atoms with Crippen LogP contribution in [0.5, 0.6) is 0 Å². The lowest BCUT2D eigenvalue weighted by molar-refractivity contribution is -0.138. The number of amides is 3. The molecule has 3 N–H and O–H groups in total. The molecule has 0 radical (unpaired) electrons. The second-order valence-corrected chi connectivity index (χ2v) is 5.88. The van der Waals surface area contributed by atoms with Crippen LogP contribution in [0.1, 0.15) is 33.1 Å². The van der Waals surface area contributed by atoms with Gasteiger partial charge in [-0.3, -0.25) is 9.59 Å². The number of urea groups is 1. The van der Waals surface area contributed by atoms with Gasteiger partial charge in [0.1, 0.15) is 0 Å². The molecule has 0 aromatic rings. The topological polar surface area (TPSA) is 98.7 Å². The molecule has 1 aliphatic rings. The van der Waals surface area contributed by atoms with Crippen LogP contribution >= 0.6 is 0 Å². The van der Waals surface area contributed by atoms with Crippen molar-refractivity contribution in [2.75, 3.05) is 26.2 Å². The molecule has 7 nitrogen and oxygen atoms in total. The van der Waals surface area contributed by atoms with Crippen molar-refractivity contribution >= 4 is 17.9 Å². The van der Waals surface area contributed by atoms with Gasteiger partial charge >= 0.3 is 12.0 Å². The van der Waals surface area contributed by atoms with Gasteiger partial charge in [0.05, 0.1) is 6.54 Å². The van der Waals surface area contributed by atoms with Crippen LogP contribution in [0.2, 0.25) is 0 Å². The van der Waals surface area contributed by atoms with E-state index in [0.717, 1.165) is 0 Å². The lowest BCUT2D eigenvalue weighted by Gasteiger charge is -2.31. The van der Waals surface area contributed by atoms with Crippen molar-refractivity contribution in [3.63, 3.8) is 0 Å². The van der Waals surface area contributed by atoms with Crippen molar-refractivity contribution in [3.8, 4) is 0 Å². The molecule has 0 atom stereocenters. The molecule has 0 spiro atoms. The standard InChI is InChI=1S/C14H25N3O4/c1-10(2)8-15-12(18)9-16-14(21)17-5-3-11(4-6-17)7-13(19)20/h10-11H,3-9H2,1-2H3,(H,15,18)(H,16,21)(H,19,20). The molecule has 7 heteroatoms. The molecule has 21 heavy (non-hydrogen) atoms. The molecule has 120 valence electrons.